The third-order valence-corrected chi connectivity index (χ3v) is 4.52. The second kappa shape index (κ2) is 8.08. The van der Waals surface area contributed by atoms with E-state index in [9.17, 15) is 14.4 Å². The fourth-order valence-corrected chi connectivity index (χ4v) is 3.29. The molecule has 126 valence electrons. The number of aryl methyl sites for hydroxylation is 2. The van der Waals surface area contributed by atoms with Crippen molar-refractivity contribution in [2.45, 2.75) is 26.7 Å². The van der Waals surface area contributed by atoms with Gasteiger partial charge in [0.2, 0.25) is 5.91 Å². The van der Waals surface area contributed by atoms with Gasteiger partial charge in [0.1, 0.15) is 0 Å². The Balaban J connectivity index is 1.80. The molecule has 5 nitrogen and oxygen atoms in total. The first-order chi connectivity index (χ1) is 11.4. The quantitative estimate of drug-likeness (QED) is 0.630. The van der Waals surface area contributed by atoms with Gasteiger partial charge in [-0.15, -0.1) is 11.3 Å². The van der Waals surface area contributed by atoms with E-state index in [0.717, 1.165) is 9.75 Å². The molecule has 0 unspecified atom stereocenters. The Morgan fingerprint density at radius 2 is 1.83 bits per heavy atom. The number of carbonyl (C=O) groups is 3. The molecule has 0 aliphatic heterocycles. The Bertz CT molecular complexity index is 786. The summed E-state index contributed by atoms with van der Waals surface area (Å²) in [6, 6.07) is 8.20. The number of halogens is 1. The van der Waals surface area contributed by atoms with Gasteiger partial charge < -0.3 is 0 Å². The number of Topliss-reactive ketones (excluding diaryl/α,β-unsaturated/α-hetero) is 1. The lowest BCUT2D eigenvalue weighted by atomic mass is 10.1. The minimum absolute atomic E-state index is 0.00297. The van der Waals surface area contributed by atoms with Crippen molar-refractivity contribution in [2.24, 2.45) is 0 Å². The Morgan fingerprint density at radius 1 is 1.08 bits per heavy atom. The van der Waals surface area contributed by atoms with E-state index in [1.54, 1.807) is 29.5 Å². The van der Waals surface area contributed by atoms with E-state index in [0.29, 0.717) is 16.1 Å². The molecule has 0 saturated heterocycles. The van der Waals surface area contributed by atoms with E-state index in [1.165, 1.54) is 6.07 Å². The van der Waals surface area contributed by atoms with Gasteiger partial charge in [-0.2, -0.15) is 0 Å². The molecule has 1 heterocycles. The number of hydrogen-bond acceptors (Lipinski definition) is 4. The number of benzene rings is 1. The smallest absolute Gasteiger partial charge is 0.269 e. The monoisotopic (exact) mass is 364 g/mol. The molecule has 0 spiro atoms. The number of ketones is 1. The van der Waals surface area contributed by atoms with Crippen LogP contribution < -0.4 is 10.9 Å². The summed E-state index contributed by atoms with van der Waals surface area (Å²) in [5.41, 5.74) is 5.59. The average molecular weight is 365 g/mol. The minimum Gasteiger partial charge on any atom is -0.294 e. The molecule has 0 saturated carbocycles. The van der Waals surface area contributed by atoms with Crippen molar-refractivity contribution >= 4 is 40.5 Å². The van der Waals surface area contributed by atoms with E-state index in [1.807, 2.05) is 19.9 Å². The van der Waals surface area contributed by atoms with Gasteiger partial charge in [-0.25, -0.2) is 0 Å². The van der Waals surface area contributed by atoms with Crippen LogP contribution in [0, 0.1) is 13.8 Å². The standard InChI is InChI=1S/C17H17ClN2O3S/c1-10-8-14(11(2)24-10)15(21)6-7-16(22)19-20-17(23)12-4-3-5-13(18)9-12/h3-5,8-9H,6-7H2,1-2H3,(H,19,22)(H,20,23). The zero-order valence-corrected chi connectivity index (χ0v) is 14.9. The number of nitrogens with one attached hydrogen (secondary N) is 2. The first kappa shape index (κ1) is 18.2. The van der Waals surface area contributed by atoms with Crippen molar-refractivity contribution in [3.63, 3.8) is 0 Å². The highest BCUT2D eigenvalue weighted by molar-refractivity contribution is 7.12. The van der Waals surface area contributed by atoms with Crippen molar-refractivity contribution < 1.29 is 14.4 Å². The molecule has 0 radical (unpaired) electrons. The second-order valence-electron chi connectivity index (χ2n) is 5.26. The summed E-state index contributed by atoms with van der Waals surface area (Å²) in [6.07, 6.45) is 0.0961. The number of amides is 2. The van der Waals surface area contributed by atoms with Gasteiger partial charge >= 0.3 is 0 Å². The van der Waals surface area contributed by atoms with Crippen LogP contribution in [0.25, 0.3) is 0 Å². The normalized spacial score (nSPS) is 10.3. The fourth-order valence-electron chi connectivity index (χ4n) is 2.16. The maximum absolute atomic E-state index is 12.1. The van der Waals surface area contributed by atoms with Gasteiger partial charge in [-0.3, -0.25) is 25.2 Å². The highest BCUT2D eigenvalue weighted by atomic mass is 35.5. The maximum atomic E-state index is 12.1. The van der Waals surface area contributed by atoms with E-state index in [4.69, 9.17) is 11.6 Å². The Morgan fingerprint density at radius 3 is 2.46 bits per heavy atom. The first-order valence-electron chi connectivity index (χ1n) is 7.32. The van der Waals surface area contributed by atoms with Crippen LogP contribution in [0.2, 0.25) is 5.02 Å². The average Bonchev–Trinajstić information content (AvgIpc) is 2.88. The van der Waals surface area contributed by atoms with Crippen molar-refractivity contribution in [1.82, 2.24) is 10.9 Å². The number of rotatable bonds is 5. The molecule has 2 rings (SSSR count). The second-order valence-corrected chi connectivity index (χ2v) is 7.16. The summed E-state index contributed by atoms with van der Waals surface area (Å²) in [7, 11) is 0. The summed E-state index contributed by atoms with van der Waals surface area (Å²) in [4.78, 5) is 37.7. The zero-order valence-electron chi connectivity index (χ0n) is 13.3. The van der Waals surface area contributed by atoms with Crippen LogP contribution in [0.15, 0.2) is 30.3 Å². The predicted octanol–water partition coefficient (Wildman–Crippen LogP) is 3.44. The van der Waals surface area contributed by atoms with Crippen LogP contribution in [-0.4, -0.2) is 17.6 Å². The van der Waals surface area contributed by atoms with Gasteiger partial charge in [-0.1, -0.05) is 17.7 Å². The van der Waals surface area contributed by atoms with Crippen molar-refractivity contribution in [1.29, 1.82) is 0 Å². The minimum atomic E-state index is -0.471. The molecule has 0 aliphatic carbocycles. The number of thiophene rings is 1. The lowest BCUT2D eigenvalue weighted by Gasteiger charge is -2.07. The first-order valence-corrected chi connectivity index (χ1v) is 8.51. The number of carbonyl (C=O) groups excluding carboxylic acids is 3. The van der Waals surface area contributed by atoms with E-state index < -0.39 is 11.8 Å². The molecule has 1 aromatic heterocycles. The molecule has 0 bridgehead atoms. The van der Waals surface area contributed by atoms with E-state index in [2.05, 4.69) is 10.9 Å². The molecule has 2 N–H and O–H groups in total. The summed E-state index contributed by atoms with van der Waals surface area (Å²) < 4.78 is 0. The lowest BCUT2D eigenvalue weighted by molar-refractivity contribution is -0.121. The fraction of sp³-hybridized carbons (Fsp3) is 0.235. The van der Waals surface area contributed by atoms with E-state index in [-0.39, 0.29) is 18.6 Å². The molecule has 2 amide bonds. The third kappa shape index (κ3) is 4.91. The van der Waals surface area contributed by atoms with Crippen LogP contribution in [0.3, 0.4) is 0 Å². The topological polar surface area (TPSA) is 75.3 Å². The van der Waals surface area contributed by atoms with Crippen LogP contribution in [0.4, 0.5) is 0 Å². The molecule has 24 heavy (non-hydrogen) atoms. The molecule has 7 heteroatoms. The summed E-state index contributed by atoms with van der Waals surface area (Å²) in [6.45, 7) is 3.82. The Kier molecular flexibility index (Phi) is 6.11. The van der Waals surface area contributed by atoms with Gasteiger partial charge in [-0.05, 0) is 38.1 Å². The molecule has 2 aromatic rings. The van der Waals surface area contributed by atoms with Crippen molar-refractivity contribution in [3.05, 3.63) is 56.2 Å². The van der Waals surface area contributed by atoms with Gasteiger partial charge in [0.05, 0.1) is 0 Å². The van der Waals surface area contributed by atoms with Crippen LogP contribution >= 0.6 is 22.9 Å². The van der Waals surface area contributed by atoms with Crippen LogP contribution in [-0.2, 0) is 4.79 Å². The van der Waals surface area contributed by atoms with E-state index >= 15 is 0 Å². The molecule has 0 fully saturated rings. The van der Waals surface area contributed by atoms with Gasteiger partial charge in [0.25, 0.3) is 5.91 Å². The van der Waals surface area contributed by atoms with Crippen molar-refractivity contribution in [2.75, 3.05) is 0 Å². The lowest BCUT2D eigenvalue weighted by Crippen LogP contribution is -2.41. The highest BCUT2D eigenvalue weighted by Gasteiger charge is 2.14. The van der Waals surface area contributed by atoms with Crippen LogP contribution in [0.1, 0.15) is 43.3 Å². The Labute approximate surface area is 149 Å². The zero-order chi connectivity index (χ0) is 17.7. The molecule has 0 atom stereocenters. The number of hydrogen-bond donors (Lipinski definition) is 2. The maximum Gasteiger partial charge on any atom is 0.269 e. The van der Waals surface area contributed by atoms with Gasteiger partial charge in [0, 0.05) is 38.7 Å². The van der Waals surface area contributed by atoms with Gasteiger partial charge in [0.15, 0.2) is 5.78 Å². The van der Waals surface area contributed by atoms with Crippen LogP contribution in [0.5, 0.6) is 0 Å². The molecular weight excluding hydrogens is 348 g/mol. The summed E-state index contributed by atoms with van der Waals surface area (Å²) >= 11 is 7.36. The third-order valence-electron chi connectivity index (χ3n) is 3.32. The Hall–Kier alpha value is -2.18. The largest absolute Gasteiger partial charge is 0.294 e. The highest BCUT2D eigenvalue weighted by Crippen LogP contribution is 2.22. The number of hydrazine groups is 1. The SMILES string of the molecule is Cc1cc(C(=O)CCC(=O)NNC(=O)c2cccc(Cl)c2)c(C)s1. The van der Waals surface area contributed by atoms with Crippen molar-refractivity contribution in [3.8, 4) is 0 Å². The summed E-state index contributed by atoms with van der Waals surface area (Å²) in [5.74, 6) is -0.974. The molecule has 0 aliphatic rings. The molecular formula is C17H17ClN2O3S. The summed E-state index contributed by atoms with van der Waals surface area (Å²) in [5, 5.41) is 0.431. The predicted molar refractivity (Wildman–Crippen MR) is 94.4 cm³/mol. The molecule has 1 aromatic carbocycles.